The van der Waals surface area contributed by atoms with E-state index in [1.807, 2.05) is 0 Å². The standard InChI is InChI=1S/C8H7ClNO/c1-6(11)10-8-4-2-3-7(9)5-8/h3-5H,1H3,(H,10,11). The number of carbonyl (C=O) groups excluding carboxylic acids is 1. The number of amides is 1. The molecule has 1 radical (unpaired) electrons. The molecule has 11 heavy (non-hydrogen) atoms. The molecule has 1 aromatic carbocycles. The van der Waals surface area contributed by atoms with Crippen LogP contribution in [0.4, 0.5) is 5.69 Å². The van der Waals surface area contributed by atoms with Crippen LogP contribution in [0.5, 0.6) is 0 Å². The molecule has 1 N–H and O–H groups in total. The Bertz CT molecular complexity index is 273. The fourth-order valence-corrected chi connectivity index (χ4v) is 0.899. The van der Waals surface area contributed by atoms with Gasteiger partial charge in [-0.2, -0.15) is 0 Å². The molecule has 0 aliphatic carbocycles. The lowest BCUT2D eigenvalue weighted by atomic mass is 10.3. The highest BCUT2D eigenvalue weighted by atomic mass is 35.5. The Labute approximate surface area is 70.2 Å². The third-order valence-corrected chi connectivity index (χ3v) is 1.29. The summed E-state index contributed by atoms with van der Waals surface area (Å²) in [4.78, 5) is 10.6. The second-order valence-electron chi connectivity index (χ2n) is 2.12. The first-order valence-corrected chi connectivity index (χ1v) is 3.50. The number of rotatable bonds is 1. The maximum Gasteiger partial charge on any atom is 0.221 e. The lowest BCUT2D eigenvalue weighted by molar-refractivity contribution is -0.114. The van der Waals surface area contributed by atoms with Gasteiger partial charge in [-0.25, -0.2) is 0 Å². The van der Waals surface area contributed by atoms with Gasteiger partial charge in [0.2, 0.25) is 5.91 Å². The summed E-state index contributed by atoms with van der Waals surface area (Å²) in [5.74, 6) is -0.110. The molecule has 0 fully saturated rings. The normalized spacial score (nSPS) is 9.27. The molecule has 0 spiro atoms. The Kier molecular flexibility index (Phi) is 2.49. The van der Waals surface area contributed by atoms with Gasteiger partial charge in [0.1, 0.15) is 0 Å². The Balaban J connectivity index is 2.79. The minimum atomic E-state index is -0.110. The maximum atomic E-state index is 10.6. The summed E-state index contributed by atoms with van der Waals surface area (Å²) in [6, 6.07) is 7.75. The molecule has 3 heteroatoms. The van der Waals surface area contributed by atoms with Crippen molar-refractivity contribution in [2.24, 2.45) is 0 Å². The number of anilines is 1. The van der Waals surface area contributed by atoms with Gasteiger partial charge in [-0.05, 0) is 24.3 Å². The van der Waals surface area contributed by atoms with Crippen LogP contribution in [0.2, 0.25) is 5.02 Å². The molecule has 1 rings (SSSR count). The van der Waals surface area contributed by atoms with Crippen LogP contribution in [-0.4, -0.2) is 5.91 Å². The fourth-order valence-electron chi connectivity index (χ4n) is 0.718. The van der Waals surface area contributed by atoms with Crippen LogP contribution in [0.3, 0.4) is 0 Å². The van der Waals surface area contributed by atoms with Crippen molar-refractivity contribution in [3.63, 3.8) is 0 Å². The highest BCUT2D eigenvalue weighted by Gasteiger charge is 1.94. The van der Waals surface area contributed by atoms with Crippen molar-refractivity contribution >= 4 is 23.2 Å². The van der Waals surface area contributed by atoms with Crippen LogP contribution >= 0.6 is 11.6 Å². The second-order valence-corrected chi connectivity index (χ2v) is 2.56. The van der Waals surface area contributed by atoms with Gasteiger partial charge in [-0.3, -0.25) is 4.79 Å². The monoisotopic (exact) mass is 168 g/mol. The van der Waals surface area contributed by atoms with Crippen LogP contribution in [0.15, 0.2) is 18.2 Å². The molecule has 2 nitrogen and oxygen atoms in total. The van der Waals surface area contributed by atoms with E-state index >= 15 is 0 Å². The van der Waals surface area contributed by atoms with E-state index in [2.05, 4.69) is 11.4 Å². The summed E-state index contributed by atoms with van der Waals surface area (Å²) >= 11 is 5.65. The third-order valence-electron chi connectivity index (χ3n) is 1.07. The minimum Gasteiger partial charge on any atom is -0.326 e. The van der Waals surface area contributed by atoms with Crippen molar-refractivity contribution in [2.45, 2.75) is 6.92 Å². The Hall–Kier alpha value is -1.02. The first-order valence-electron chi connectivity index (χ1n) is 3.13. The zero-order chi connectivity index (χ0) is 8.27. The summed E-state index contributed by atoms with van der Waals surface area (Å²) < 4.78 is 0. The van der Waals surface area contributed by atoms with Crippen LogP contribution in [0.1, 0.15) is 6.92 Å². The zero-order valence-electron chi connectivity index (χ0n) is 6.02. The smallest absolute Gasteiger partial charge is 0.221 e. The largest absolute Gasteiger partial charge is 0.326 e. The highest BCUT2D eigenvalue weighted by molar-refractivity contribution is 6.30. The molecule has 1 aromatic rings. The second kappa shape index (κ2) is 3.39. The van der Waals surface area contributed by atoms with Gasteiger partial charge in [0.05, 0.1) is 0 Å². The number of hydrogen-bond acceptors (Lipinski definition) is 1. The van der Waals surface area contributed by atoms with Crippen LogP contribution in [0.25, 0.3) is 0 Å². The fraction of sp³-hybridized carbons (Fsp3) is 0.125. The predicted octanol–water partition coefficient (Wildman–Crippen LogP) is 2.10. The molecule has 0 saturated heterocycles. The number of halogens is 1. The van der Waals surface area contributed by atoms with Gasteiger partial charge in [0.15, 0.2) is 0 Å². The predicted molar refractivity (Wildman–Crippen MR) is 44.6 cm³/mol. The Morgan fingerprint density at radius 1 is 1.64 bits per heavy atom. The molecule has 0 heterocycles. The highest BCUT2D eigenvalue weighted by Crippen LogP contribution is 2.13. The van der Waals surface area contributed by atoms with Crippen molar-refractivity contribution in [1.82, 2.24) is 0 Å². The lowest BCUT2D eigenvalue weighted by Crippen LogP contribution is -2.05. The molecule has 0 aliphatic rings. The van der Waals surface area contributed by atoms with Crippen molar-refractivity contribution in [3.05, 3.63) is 29.3 Å². The molecule has 0 saturated carbocycles. The van der Waals surface area contributed by atoms with Crippen molar-refractivity contribution in [3.8, 4) is 0 Å². The third kappa shape index (κ3) is 2.60. The summed E-state index contributed by atoms with van der Waals surface area (Å²) in [7, 11) is 0. The van der Waals surface area contributed by atoms with E-state index in [9.17, 15) is 4.79 Å². The quantitative estimate of drug-likeness (QED) is 0.684. The molecule has 0 aromatic heterocycles. The van der Waals surface area contributed by atoms with Crippen LogP contribution in [0, 0.1) is 6.07 Å². The molecule has 0 atom stereocenters. The number of benzene rings is 1. The van der Waals surface area contributed by atoms with E-state index in [0.29, 0.717) is 10.7 Å². The molecule has 0 bridgehead atoms. The van der Waals surface area contributed by atoms with Gasteiger partial charge in [0, 0.05) is 17.6 Å². The first kappa shape index (κ1) is 8.08. The number of hydrogen-bond donors (Lipinski definition) is 1. The average molecular weight is 169 g/mol. The first-order chi connectivity index (χ1) is 5.18. The van der Waals surface area contributed by atoms with Gasteiger partial charge in [0.25, 0.3) is 0 Å². The van der Waals surface area contributed by atoms with Gasteiger partial charge >= 0.3 is 0 Å². The summed E-state index contributed by atoms with van der Waals surface area (Å²) in [6.45, 7) is 1.45. The molecular formula is C8H7ClNO. The van der Waals surface area contributed by atoms with Crippen molar-refractivity contribution in [1.29, 1.82) is 0 Å². The molecular weight excluding hydrogens is 162 g/mol. The van der Waals surface area contributed by atoms with E-state index in [1.165, 1.54) is 6.92 Å². The maximum absolute atomic E-state index is 10.6. The van der Waals surface area contributed by atoms with Crippen LogP contribution in [-0.2, 0) is 4.79 Å². The van der Waals surface area contributed by atoms with Gasteiger partial charge < -0.3 is 5.32 Å². The summed E-state index contributed by atoms with van der Waals surface area (Å²) in [6.07, 6.45) is 0. The lowest BCUT2D eigenvalue weighted by Gasteiger charge is -1.99. The molecule has 1 amide bonds. The SMILES string of the molecule is CC(=O)Nc1c[c]cc(Cl)c1. The van der Waals surface area contributed by atoms with E-state index in [-0.39, 0.29) is 5.91 Å². The topological polar surface area (TPSA) is 29.1 Å². The summed E-state index contributed by atoms with van der Waals surface area (Å²) in [5, 5.41) is 3.16. The Morgan fingerprint density at radius 2 is 2.36 bits per heavy atom. The average Bonchev–Trinajstić information content (AvgIpc) is 1.85. The van der Waals surface area contributed by atoms with E-state index in [0.717, 1.165) is 0 Å². The Morgan fingerprint density at radius 3 is 2.91 bits per heavy atom. The zero-order valence-corrected chi connectivity index (χ0v) is 6.77. The van der Waals surface area contributed by atoms with E-state index in [1.54, 1.807) is 18.2 Å². The number of carbonyl (C=O) groups is 1. The van der Waals surface area contributed by atoms with E-state index in [4.69, 9.17) is 11.6 Å². The van der Waals surface area contributed by atoms with Crippen molar-refractivity contribution < 1.29 is 4.79 Å². The minimum absolute atomic E-state index is 0.110. The van der Waals surface area contributed by atoms with E-state index < -0.39 is 0 Å². The molecule has 57 valence electrons. The molecule has 0 aliphatic heterocycles. The van der Waals surface area contributed by atoms with Crippen LogP contribution < -0.4 is 5.32 Å². The summed E-state index contributed by atoms with van der Waals surface area (Å²) in [5.41, 5.74) is 0.671. The molecule has 0 unspecified atom stereocenters. The van der Waals surface area contributed by atoms with Gasteiger partial charge in [-0.1, -0.05) is 11.6 Å². The van der Waals surface area contributed by atoms with Gasteiger partial charge in [-0.15, -0.1) is 0 Å². The van der Waals surface area contributed by atoms with Crippen molar-refractivity contribution in [2.75, 3.05) is 5.32 Å². The number of nitrogens with one attached hydrogen (secondary N) is 1.